The molecule has 24 heavy (non-hydrogen) atoms. The van der Waals surface area contributed by atoms with Crippen molar-refractivity contribution in [1.29, 1.82) is 0 Å². The van der Waals surface area contributed by atoms with Gasteiger partial charge in [-0.2, -0.15) is 0 Å². The van der Waals surface area contributed by atoms with E-state index < -0.39 is 6.29 Å². The van der Waals surface area contributed by atoms with Crippen LogP contribution in [0.3, 0.4) is 0 Å². The van der Waals surface area contributed by atoms with Gasteiger partial charge in [0, 0.05) is 36.6 Å². The molecule has 1 N–H and O–H groups in total. The number of likely N-dealkylation sites (N-methyl/N-ethyl adjacent to an activating group) is 1. The molecule has 0 fully saturated rings. The molecule has 132 valence electrons. The summed E-state index contributed by atoms with van der Waals surface area (Å²) in [5.41, 5.74) is 1.15. The Labute approximate surface area is 156 Å². The van der Waals surface area contributed by atoms with Crippen molar-refractivity contribution < 1.29 is 19.4 Å². The molecule has 6 heteroatoms. The van der Waals surface area contributed by atoms with E-state index in [0.29, 0.717) is 25.2 Å². The SMILES string of the molecule is CN(C)C(=O)C1=C[C@@H](c2ccc(I)cc2)C[C@@H](OCCCCO)O1. The van der Waals surface area contributed by atoms with E-state index in [4.69, 9.17) is 14.6 Å². The fourth-order valence-electron chi connectivity index (χ4n) is 2.50. The second kappa shape index (κ2) is 9.39. The van der Waals surface area contributed by atoms with Crippen LogP contribution in [0.2, 0.25) is 0 Å². The highest BCUT2D eigenvalue weighted by molar-refractivity contribution is 14.1. The fraction of sp³-hybridized carbons (Fsp3) is 0.500. The van der Waals surface area contributed by atoms with E-state index in [1.54, 1.807) is 14.1 Å². The lowest BCUT2D eigenvalue weighted by molar-refractivity contribution is -0.151. The van der Waals surface area contributed by atoms with Crippen LogP contribution in [0.25, 0.3) is 0 Å². The number of nitrogens with zero attached hydrogens (tertiary/aromatic N) is 1. The summed E-state index contributed by atoms with van der Waals surface area (Å²) in [7, 11) is 3.41. The zero-order chi connectivity index (χ0) is 17.5. The van der Waals surface area contributed by atoms with E-state index >= 15 is 0 Å². The van der Waals surface area contributed by atoms with Crippen molar-refractivity contribution in [1.82, 2.24) is 4.90 Å². The third-order valence-corrected chi connectivity index (χ3v) is 4.55. The number of hydrogen-bond acceptors (Lipinski definition) is 4. The average Bonchev–Trinajstić information content (AvgIpc) is 2.58. The number of carbonyl (C=O) groups is 1. The summed E-state index contributed by atoms with van der Waals surface area (Å²) < 4.78 is 12.7. The average molecular weight is 445 g/mol. The van der Waals surface area contributed by atoms with Crippen LogP contribution in [0.15, 0.2) is 36.1 Å². The monoisotopic (exact) mass is 445 g/mol. The summed E-state index contributed by atoms with van der Waals surface area (Å²) in [6, 6.07) is 8.27. The minimum atomic E-state index is -0.447. The van der Waals surface area contributed by atoms with Gasteiger partial charge in [0.1, 0.15) is 0 Å². The standard InChI is InChI=1S/C18H24INO4/c1-20(2)18(22)16-11-14(13-5-7-15(19)8-6-13)12-17(24-16)23-10-4-3-9-21/h5-8,11,14,17,21H,3-4,9-10,12H2,1-2H3/t14-,17+/m1/s1. The molecule has 0 saturated carbocycles. The molecule has 0 aromatic heterocycles. The molecule has 0 radical (unpaired) electrons. The molecule has 1 heterocycles. The lowest BCUT2D eigenvalue weighted by atomic mass is 9.93. The third-order valence-electron chi connectivity index (χ3n) is 3.83. The van der Waals surface area contributed by atoms with Crippen LogP contribution in [-0.4, -0.2) is 49.5 Å². The van der Waals surface area contributed by atoms with Gasteiger partial charge in [0.15, 0.2) is 5.76 Å². The summed E-state index contributed by atoms with van der Waals surface area (Å²) in [5.74, 6) is 0.258. The quantitative estimate of drug-likeness (QED) is 0.518. The molecule has 1 aliphatic rings. The van der Waals surface area contributed by atoms with Gasteiger partial charge >= 0.3 is 0 Å². The molecule has 1 aromatic rings. The summed E-state index contributed by atoms with van der Waals surface area (Å²) in [5, 5.41) is 8.85. The first-order chi connectivity index (χ1) is 11.5. The molecular weight excluding hydrogens is 421 g/mol. The fourth-order valence-corrected chi connectivity index (χ4v) is 2.86. The summed E-state index contributed by atoms with van der Waals surface area (Å²) >= 11 is 2.27. The minimum Gasteiger partial charge on any atom is -0.459 e. The van der Waals surface area contributed by atoms with Crippen molar-refractivity contribution in [3.63, 3.8) is 0 Å². The number of aliphatic hydroxyl groups is 1. The van der Waals surface area contributed by atoms with E-state index in [-0.39, 0.29) is 18.4 Å². The second-order valence-corrected chi connectivity index (χ2v) is 7.22. The second-order valence-electron chi connectivity index (χ2n) is 5.97. The largest absolute Gasteiger partial charge is 0.459 e. The Morgan fingerprint density at radius 2 is 2.04 bits per heavy atom. The van der Waals surface area contributed by atoms with Crippen molar-refractivity contribution >= 4 is 28.5 Å². The third kappa shape index (κ3) is 5.46. The molecule has 0 saturated heterocycles. The smallest absolute Gasteiger partial charge is 0.288 e. The summed E-state index contributed by atoms with van der Waals surface area (Å²) in [6.45, 7) is 0.665. The molecular formula is C18H24INO4. The van der Waals surface area contributed by atoms with Gasteiger partial charge in [-0.25, -0.2) is 0 Å². The number of ether oxygens (including phenoxy) is 2. The Morgan fingerprint density at radius 3 is 2.67 bits per heavy atom. The van der Waals surface area contributed by atoms with E-state index in [1.165, 1.54) is 8.47 Å². The molecule has 1 amide bonds. The number of rotatable bonds is 7. The van der Waals surface area contributed by atoms with Gasteiger partial charge in [-0.3, -0.25) is 4.79 Å². The highest BCUT2D eigenvalue weighted by atomic mass is 127. The molecule has 0 unspecified atom stereocenters. The van der Waals surface area contributed by atoms with Crippen LogP contribution in [0.5, 0.6) is 0 Å². The highest BCUT2D eigenvalue weighted by Crippen LogP contribution is 2.32. The van der Waals surface area contributed by atoms with Crippen LogP contribution >= 0.6 is 22.6 Å². The number of carbonyl (C=O) groups excluding carboxylic acids is 1. The van der Waals surface area contributed by atoms with Crippen molar-refractivity contribution in [3.8, 4) is 0 Å². The molecule has 1 aromatic carbocycles. The van der Waals surface area contributed by atoms with Crippen LogP contribution < -0.4 is 0 Å². The number of unbranched alkanes of at least 4 members (excludes halogenated alkanes) is 1. The maximum absolute atomic E-state index is 12.3. The topological polar surface area (TPSA) is 59.0 Å². The number of benzene rings is 1. The molecule has 1 aliphatic heterocycles. The van der Waals surface area contributed by atoms with Crippen LogP contribution in [0, 0.1) is 3.57 Å². The lowest BCUT2D eigenvalue weighted by Gasteiger charge is -2.30. The maximum atomic E-state index is 12.3. The van der Waals surface area contributed by atoms with Gasteiger partial charge in [-0.15, -0.1) is 0 Å². The maximum Gasteiger partial charge on any atom is 0.288 e. The molecule has 2 atom stereocenters. The van der Waals surface area contributed by atoms with Gasteiger partial charge < -0.3 is 19.5 Å². The van der Waals surface area contributed by atoms with Crippen LogP contribution in [-0.2, 0) is 14.3 Å². The van der Waals surface area contributed by atoms with E-state index in [0.717, 1.165) is 12.0 Å². The van der Waals surface area contributed by atoms with Gasteiger partial charge in [0.05, 0.1) is 6.61 Å². The van der Waals surface area contributed by atoms with Gasteiger partial charge in [0.25, 0.3) is 5.91 Å². The zero-order valence-corrected chi connectivity index (χ0v) is 16.2. The summed E-state index contributed by atoms with van der Waals surface area (Å²) in [4.78, 5) is 13.8. The molecule has 0 spiro atoms. The van der Waals surface area contributed by atoms with Crippen molar-refractivity contribution in [2.24, 2.45) is 0 Å². The number of allylic oxidation sites excluding steroid dienone is 1. The van der Waals surface area contributed by atoms with Gasteiger partial charge in [0.2, 0.25) is 6.29 Å². The molecule has 5 nitrogen and oxygen atoms in total. The number of aliphatic hydroxyl groups excluding tert-OH is 1. The first kappa shape index (κ1) is 19.2. The number of halogens is 1. The molecule has 2 rings (SSSR count). The summed E-state index contributed by atoms with van der Waals surface area (Å²) in [6.07, 6.45) is 3.58. The normalized spacial score (nSPS) is 20.2. The first-order valence-corrected chi connectivity index (χ1v) is 9.17. The zero-order valence-electron chi connectivity index (χ0n) is 14.1. The predicted octanol–water partition coefficient (Wildman–Crippen LogP) is 2.88. The lowest BCUT2D eigenvalue weighted by Crippen LogP contribution is -2.32. The van der Waals surface area contributed by atoms with Crippen LogP contribution in [0.4, 0.5) is 0 Å². The Balaban J connectivity index is 2.13. The van der Waals surface area contributed by atoms with Crippen LogP contribution in [0.1, 0.15) is 30.7 Å². The van der Waals surface area contributed by atoms with Crippen molar-refractivity contribution in [2.75, 3.05) is 27.3 Å². The predicted molar refractivity (Wildman–Crippen MR) is 100 cm³/mol. The van der Waals surface area contributed by atoms with Crippen molar-refractivity contribution in [3.05, 3.63) is 45.2 Å². The Kier molecular flexibility index (Phi) is 7.51. The molecule has 0 bridgehead atoms. The van der Waals surface area contributed by atoms with Gasteiger partial charge in [-0.05, 0) is 59.2 Å². The highest BCUT2D eigenvalue weighted by Gasteiger charge is 2.29. The van der Waals surface area contributed by atoms with E-state index in [9.17, 15) is 4.79 Å². The number of hydrogen-bond donors (Lipinski definition) is 1. The van der Waals surface area contributed by atoms with E-state index in [2.05, 4.69) is 46.9 Å². The Hall–Kier alpha value is -1.12. The first-order valence-electron chi connectivity index (χ1n) is 8.09. The Bertz CT molecular complexity index is 571. The van der Waals surface area contributed by atoms with Crippen molar-refractivity contribution in [2.45, 2.75) is 31.5 Å². The molecule has 0 aliphatic carbocycles. The number of amides is 1. The van der Waals surface area contributed by atoms with E-state index in [1.807, 2.05) is 6.08 Å². The van der Waals surface area contributed by atoms with Gasteiger partial charge in [-0.1, -0.05) is 12.1 Å². The minimum absolute atomic E-state index is 0.0810. The Morgan fingerprint density at radius 1 is 1.33 bits per heavy atom.